The van der Waals surface area contributed by atoms with Gasteiger partial charge in [-0.15, -0.1) is 0 Å². The third-order valence-electron chi connectivity index (χ3n) is 6.42. The minimum absolute atomic E-state index is 0.0492. The van der Waals surface area contributed by atoms with E-state index in [0.29, 0.717) is 18.8 Å². The van der Waals surface area contributed by atoms with Crippen LogP contribution < -0.4 is 23.7 Å². The lowest BCUT2D eigenvalue weighted by molar-refractivity contribution is -0.136. The molecule has 0 radical (unpaired) electrons. The normalized spacial score (nSPS) is 17.0. The van der Waals surface area contributed by atoms with Gasteiger partial charge in [0, 0.05) is 43.1 Å². The molecule has 1 aliphatic heterocycles. The van der Waals surface area contributed by atoms with E-state index in [9.17, 15) is 19.2 Å². The fourth-order valence-corrected chi connectivity index (χ4v) is 4.57. The fraction of sp³-hybridized carbons (Fsp3) is 0.429. The first-order chi connectivity index (χ1) is 17.8. The van der Waals surface area contributed by atoms with Crippen molar-refractivity contribution in [2.75, 3.05) is 6.61 Å². The maximum Gasteiger partial charge on any atom is 0.311 e. The van der Waals surface area contributed by atoms with Gasteiger partial charge in [0.05, 0.1) is 6.61 Å². The van der Waals surface area contributed by atoms with Gasteiger partial charge in [-0.3, -0.25) is 19.2 Å². The Morgan fingerprint density at radius 2 is 1.27 bits per heavy atom. The average molecular weight is 511 g/mol. The molecule has 37 heavy (non-hydrogen) atoms. The Balaban J connectivity index is 1.81. The Kier molecular flexibility index (Phi) is 7.80. The summed E-state index contributed by atoms with van der Waals surface area (Å²) in [7, 11) is 0. The van der Waals surface area contributed by atoms with Crippen LogP contribution in [0.5, 0.6) is 28.7 Å². The molecule has 0 amide bonds. The van der Waals surface area contributed by atoms with E-state index < -0.39 is 23.9 Å². The van der Waals surface area contributed by atoms with Gasteiger partial charge in [-0.2, -0.15) is 0 Å². The molecule has 2 atom stereocenters. The summed E-state index contributed by atoms with van der Waals surface area (Å²) in [6.45, 7) is 7.03. The molecule has 2 aromatic rings. The van der Waals surface area contributed by atoms with Gasteiger partial charge < -0.3 is 23.7 Å². The van der Waals surface area contributed by atoms with Crippen molar-refractivity contribution in [2.45, 2.75) is 65.7 Å². The Morgan fingerprint density at radius 1 is 0.730 bits per heavy atom. The first-order valence-corrected chi connectivity index (χ1v) is 12.6. The Hall–Kier alpha value is -3.88. The number of hydrogen-bond acceptors (Lipinski definition) is 9. The van der Waals surface area contributed by atoms with E-state index in [4.69, 9.17) is 23.7 Å². The third-order valence-corrected chi connectivity index (χ3v) is 6.42. The van der Waals surface area contributed by atoms with Gasteiger partial charge in [-0.1, -0.05) is 33.8 Å². The molecule has 1 heterocycles. The SMILES string of the molecule is CCC(=O)Oc1cc2c(cc1OC(=O)CC)[C@@H]1c3ccc(OC(=O)CC)c(OC(=O)CC)c3OCC1C2. The van der Waals surface area contributed by atoms with Crippen molar-refractivity contribution in [2.24, 2.45) is 5.92 Å². The molecule has 1 unspecified atom stereocenters. The summed E-state index contributed by atoms with van der Waals surface area (Å²) in [6, 6.07) is 6.88. The van der Waals surface area contributed by atoms with Crippen molar-refractivity contribution in [3.05, 3.63) is 41.0 Å². The van der Waals surface area contributed by atoms with E-state index in [1.54, 1.807) is 52.0 Å². The molecule has 9 nitrogen and oxygen atoms in total. The summed E-state index contributed by atoms with van der Waals surface area (Å²) in [5.74, 6) is -1.06. The molecule has 4 rings (SSSR count). The smallest absolute Gasteiger partial charge is 0.311 e. The maximum absolute atomic E-state index is 12.2. The van der Waals surface area contributed by atoms with Crippen LogP contribution in [0.25, 0.3) is 0 Å². The summed E-state index contributed by atoms with van der Waals surface area (Å²) in [5.41, 5.74) is 2.60. The first-order valence-electron chi connectivity index (χ1n) is 12.6. The number of hydrogen-bond donors (Lipinski definition) is 0. The number of ether oxygens (including phenoxy) is 5. The summed E-state index contributed by atoms with van der Waals surface area (Å²) >= 11 is 0. The molecule has 0 N–H and O–H groups in total. The van der Waals surface area contributed by atoms with E-state index in [1.165, 1.54) is 0 Å². The van der Waals surface area contributed by atoms with Crippen molar-refractivity contribution < 1.29 is 42.9 Å². The monoisotopic (exact) mass is 510 g/mol. The van der Waals surface area contributed by atoms with Crippen molar-refractivity contribution in [3.8, 4) is 28.7 Å². The molecule has 2 aliphatic rings. The quantitative estimate of drug-likeness (QED) is 0.370. The molecule has 0 saturated carbocycles. The van der Waals surface area contributed by atoms with Crippen molar-refractivity contribution >= 4 is 23.9 Å². The highest BCUT2D eigenvalue weighted by molar-refractivity contribution is 5.79. The zero-order valence-corrected chi connectivity index (χ0v) is 21.4. The standard InChI is InChI=1S/C28H30O9/c1-5-22(29)34-19-10-9-17-26-16(14-33-27(17)28(19)37-25(32)8-4)11-15-12-20(35-23(30)6-2)21(13-18(15)26)36-24(31)7-3/h9-10,12-13,16,26H,5-8,11,14H2,1-4H3/t16?,26-/m0/s1. The minimum Gasteiger partial charge on any atom is -0.489 e. The van der Waals surface area contributed by atoms with Crippen LogP contribution in [0.4, 0.5) is 0 Å². The summed E-state index contributed by atoms with van der Waals surface area (Å²) in [4.78, 5) is 48.4. The van der Waals surface area contributed by atoms with E-state index in [0.717, 1.165) is 16.7 Å². The van der Waals surface area contributed by atoms with Crippen LogP contribution in [0, 0.1) is 5.92 Å². The summed E-state index contributed by atoms with van der Waals surface area (Å²) in [5, 5.41) is 0. The fourth-order valence-electron chi connectivity index (χ4n) is 4.57. The number of rotatable bonds is 8. The van der Waals surface area contributed by atoms with Crippen LogP contribution in [0.15, 0.2) is 24.3 Å². The minimum atomic E-state index is -0.490. The van der Waals surface area contributed by atoms with Crippen LogP contribution in [0.2, 0.25) is 0 Å². The Morgan fingerprint density at radius 3 is 1.86 bits per heavy atom. The van der Waals surface area contributed by atoms with Gasteiger partial charge in [0.25, 0.3) is 0 Å². The molecule has 0 saturated heterocycles. The van der Waals surface area contributed by atoms with Crippen LogP contribution in [0.1, 0.15) is 76.0 Å². The Bertz CT molecular complexity index is 1250. The molecule has 0 fully saturated rings. The lowest BCUT2D eigenvalue weighted by Gasteiger charge is -2.31. The largest absolute Gasteiger partial charge is 0.489 e. The molecular formula is C28H30O9. The molecule has 196 valence electrons. The van der Waals surface area contributed by atoms with Crippen LogP contribution in [-0.2, 0) is 25.6 Å². The molecule has 1 aliphatic carbocycles. The van der Waals surface area contributed by atoms with E-state index in [2.05, 4.69) is 0 Å². The van der Waals surface area contributed by atoms with Crippen molar-refractivity contribution in [3.63, 3.8) is 0 Å². The zero-order chi connectivity index (χ0) is 26.7. The zero-order valence-electron chi connectivity index (χ0n) is 21.4. The number of fused-ring (bicyclic) bond motifs is 5. The average Bonchev–Trinajstić information content (AvgIpc) is 3.26. The number of esters is 4. The second-order valence-corrected chi connectivity index (χ2v) is 8.87. The van der Waals surface area contributed by atoms with Gasteiger partial charge in [0.1, 0.15) is 0 Å². The second-order valence-electron chi connectivity index (χ2n) is 8.87. The lowest BCUT2D eigenvalue weighted by atomic mass is 9.83. The third kappa shape index (κ3) is 5.30. The highest BCUT2D eigenvalue weighted by Crippen LogP contribution is 2.55. The van der Waals surface area contributed by atoms with Gasteiger partial charge in [-0.25, -0.2) is 0 Å². The summed E-state index contributed by atoms with van der Waals surface area (Å²) < 4.78 is 28.1. The van der Waals surface area contributed by atoms with Crippen LogP contribution in [-0.4, -0.2) is 30.5 Å². The van der Waals surface area contributed by atoms with Crippen molar-refractivity contribution in [1.29, 1.82) is 0 Å². The number of benzene rings is 2. The van der Waals surface area contributed by atoms with E-state index in [1.807, 2.05) is 0 Å². The number of carbonyl (C=O) groups excluding carboxylic acids is 4. The van der Waals surface area contributed by atoms with Crippen LogP contribution in [0.3, 0.4) is 0 Å². The van der Waals surface area contributed by atoms with Gasteiger partial charge in [0.15, 0.2) is 23.0 Å². The molecule has 0 spiro atoms. The lowest BCUT2D eigenvalue weighted by Crippen LogP contribution is -2.25. The van der Waals surface area contributed by atoms with Gasteiger partial charge in [-0.05, 0) is 35.7 Å². The predicted molar refractivity (Wildman–Crippen MR) is 131 cm³/mol. The van der Waals surface area contributed by atoms with Gasteiger partial charge >= 0.3 is 23.9 Å². The first kappa shape index (κ1) is 26.2. The highest BCUT2D eigenvalue weighted by Gasteiger charge is 2.42. The van der Waals surface area contributed by atoms with E-state index >= 15 is 0 Å². The van der Waals surface area contributed by atoms with Crippen LogP contribution >= 0.6 is 0 Å². The topological polar surface area (TPSA) is 114 Å². The number of carbonyl (C=O) groups is 4. The maximum atomic E-state index is 12.2. The predicted octanol–water partition coefficient (Wildman–Crippen LogP) is 4.64. The second kappa shape index (κ2) is 11.0. The van der Waals surface area contributed by atoms with Gasteiger partial charge in [0.2, 0.25) is 5.75 Å². The Labute approximate surface area is 215 Å². The highest BCUT2D eigenvalue weighted by atomic mass is 16.6. The summed E-state index contributed by atoms with van der Waals surface area (Å²) in [6.07, 6.45) is 1.27. The molecular weight excluding hydrogens is 480 g/mol. The molecule has 2 aromatic carbocycles. The van der Waals surface area contributed by atoms with Crippen molar-refractivity contribution in [1.82, 2.24) is 0 Å². The molecule has 9 heteroatoms. The molecule has 0 aromatic heterocycles. The van der Waals surface area contributed by atoms with E-state index in [-0.39, 0.29) is 60.5 Å². The molecule has 0 bridgehead atoms.